The Hall–Kier alpha value is -3.47. The number of carbonyl (C=O) groups excluding carboxylic acids is 2. The number of hydrogen-bond donors (Lipinski definition) is 2. The average Bonchev–Trinajstić information content (AvgIpc) is 2.77. The second kappa shape index (κ2) is 10.3. The molecule has 5 heteroatoms. The second-order valence-electron chi connectivity index (χ2n) is 7.24. The van der Waals surface area contributed by atoms with Crippen molar-refractivity contribution in [3.05, 3.63) is 78.0 Å². The summed E-state index contributed by atoms with van der Waals surface area (Å²) in [5.41, 5.74) is 4.57. The van der Waals surface area contributed by atoms with Crippen molar-refractivity contribution in [3.8, 4) is 11.1 Å². The van der Waals surface area contributed by atoms with E-state index in [1.807, 2.05) is 60.7 Å². The van der Waals surface area contributed by atoms with Crippen LogP contribution in [0.25, 0.3) is 11.1 Å². The van der Waals surface area contributed by atoms with E-state index < -0.39 is 0 Å². The number of hydrogen-bond acceptors (Lipinski definition) is 4. The highest BCUT2D eigenvalue weighted by Crippen LogP contribution is 2.23. The van der Waals surface area contributed by atoms with Crippen molar-refractivity contribution in [1.29, 1.82) is 0 Å². The van der Waals surface area contributed by atoms with Crippen molar-refractivity contribution >= 4 is 23.2 Å². The smallest absolute Gasteiger partial charge is 0.224 e. The van der Waals surface area contributed by atoms with E-state index >= 15 is 0 Å². The first-order valence-electron chi connectivity index (χ1n) is 10.3. The summed E-state index contributed by atoms with van der Waals surface area (Å²) in [5.74, 6) is 0.719. The van der Waals surface area contributed by atoms with Gasteiger partial charge in [0.2, 0.25) is 5.91 Å². The predicted molar refractivity (Wildman–Crippen MR) is 122 cm³/mol. The van der Waals surface area contributed by atoms with Gasteiger partial charge in [0.15, 0.2) is 5.78 Å². The number of benzene rings is 2. The number of rotatable bonds is 9. The number of aromatic nitrogens is 1. The Labute approximate surface area is 177 Å². The first-order valence-corrected chi connectivity index (χ1v) is 10.3. The fourth-order valence-electron chi connectivity index (χ4n) is 3.12. The Morgan fingerprint density at radius 1 is 0.967 bits per heavy atom. The molecule has 30 heavy (non-hydrogen) atoms. The largest absolute Gasteiger partial charge is 0.364 e. The number of amides is 1. The van der Waals surface area contributed by atoms with Gasteiger partial charge in [-0.15, -0.1) is 0 Å². The monoisotopic (exact) mass is 401 g/mol. The third-order valence-corrected chi connectivity index (χ3v) is 4.86. The summed E-state index contributed by atoms with van der Waals surface area (Å²) < 4.78 is 0. The standard InChI is InChI=1S/C25H27N3O2/c1-3-4-10-24(30)28-23-9-6-15-26-25(23)27-17-19-11-13-20(14-12-19)22-8-5-7-21(16-22)18(2)29/h5-9,11-16H,3-4,10,17H2,1-2H3,(H,26,27)(H,28,30). The maximum absolute atomic E-state index is 12.0. The lowest BCUT2D eigenvalue weighted by atomic mass is 10.0. The molecule has 0 radical (unpaired) electrons. The molecular weight excluding hydrogens is 374 g/mol. The van der Waals surface area contributed by atoms with E-state index in [1.54, 1.807) is 13.1 Å². The van der Waals surface area contributed by atoms with Gasteiger partial charge in [0, 0.05) is 24.7 Å². The number of carbonyl (C=O) groups is 2. The summed E-state index contributed by atoms with van der Waals surface area (Å²) in [6.07, 6.45) is 4.07. The number of anilines is 2. The van der Waals surface area contributed by atoms with Gasteiger partial charge in [0.1, 0.15) is 5.82 Å². The average molecular weight is 402 g/mol. The van der Waals surface area contributed by atoms with Crippen molar-refractivity contribution in [1.82, 2.24) is 4.98 Å². The van der Waals surface area contributed by atoms with Crippen molar-refractivity contribution < 1.29 is 9.59 Å². The van der Waals surface area contributed by atoms with Crippen molar-refractivity contribution in [2.75, 3.05) is 10.6 Å². The highest BCUT2D eigenvalue weighted by Gasteiger charge is 2.08. The number of pyridine rings is 1. The minimum Gasteiger partial charge on any atom is -0.364 e. The van der Waals surface area contributed by atoms with E-state index in [0.717, 1.165) is 29.5 Å². The van der Waals surface area contributed by atoms with Crippen LogP contribution in [0.2, 0.25) is 0 Å². The van der Waals surface area contributed by atoms with Crippen LogP contribution in [0.3, 0.4) is 0 Å². The fourth-order valence-corrected chi connectivity index (χ4v) is 3.12. The molecule has 0 aliphatic rings. The molecule has 5 nitrogen and oxygen atoms in total. The van der Waals surface area contributed by atoms with Crippen LogP contribution in [-0.2, 0) is 11.3 Å². The van der Waals surface area contributed by atoms with Crippen LogP contribution in [0.15, 0.2) is 66.9 Å². The van der Waals surface area contributed by atoms with Gasteiger partial charge in [-0.25, -0.2) is 4.98 Å². The van der Waals surface area contributed by atoms with E-state index in [1.165, 1.54) is 0 Å². The van der Waals surface area contributed by atoms with Gasteiger partial charge >= 0.3 is 0 Å². The Morgan fingerprint density at radius 3 is 2.50 bits per heavy atom. The molecule has 0 saturated carbocycles. The summed E-state index contributed by atoms with van der Waals surface area (Å²) in [4.78, 5) is 28.0. The highest BCUT2D eigenvalue weighted by atomic mass is 16.1. The topological polar surface area (TPSA) is 71.1 Å². The minimum atomic E-state index is 0.00467. The van der Waals surface area contributed by atoms with Crippen LogP contribution in [0.1, 0.15) is 49.0 Å². The molecule has 2 N–H and O–H groups in total. The van der Waals surface area contributed by atoms with Gasteiger partial charge < -0.3 is 10.6 Å². The van der Waals surface area contributed by atoms with Crippen molar-refractivity contribution in [2.45, 2.75) is 39.7 Å². The summed E-state index contributed by atoms with van der Waals surface area (Å²) in [7, 11) is 0. The van der Waals surface area contributed by atoms with E-state index in [0.29, 0.717) is 30.0 Å². The predicted octanol–water partition coefficient (Wildman–Crippen LogP) is 5.69. The molecule has 154 valence electrons. The van der Waals surface area contributed by atoms with Gasteiger partial charge in [0.25, 0.3) is 0 Å². The zero-order valence-electron chi connectivity index (χ0n) is 17.4. The van der Waals surface area contributed by atoms with Crippen molar-refractivity contribution in [2.24, 2.45) is 0 Å². The zero-order chi connectivity index (χ0) is 21.3. The van der Waals surface area contributed by atoms with Crippen LogP contribution >= 0.6 is 0 Å². The fraction of sp³-hybridized carbons (Fsp3) is 0.240. The SMILES string of the molecule is CCCCC(=O)Nc1cccnc1NCc1ccc(-c2cccc(C(C)=O)c2)cc1. The van der Waals surface area contributed by atoms with Crippen LogP contribution in [-0.4, -0.2) is 16.7 Å². The first kappa shape index (κ1) is 21.2. The van der Waals surface area contributed by atoms with Gasteiger partial charge in [-0.2, -0.15) is 0 Å². The lowest BCUT2D eigenvalue weighted by Gasteiger charge is -2.12. The number of ketones is 1. The Kier molecular flexibility index (Phi) is 7.33. The maximum atomic E-state index is 12.0. The van der Waals surface area contributed by atoms with E-state index in [9.17, 15) is 9.59 Å². The molecule has 0 aliphatic carbocycles. The van der Waals surface area contributed by atoms with Crippen molar-refractivity contribution in [3.63, 3.8) is 0 Å². The molecule has 0 unspecified atom stereocenters. The molecule has 0 atom stereocenters. The third kappa shape index (κ3) is 5.77. The van der Waals surface area contributed by atoms with Gasteiger partial charge in [0.05, 0.1) is 5.69 Å². The van der Waals surface area contributed by atoms with Gasteiger partial charge in [-0.05, 0) is 48.2 Å². The summed E-state index contributed by atoms with van der Waals surface area (Å²) in [6, 6.07) is 19.5. The molecule has 1 amide bonds. The number of nitrogens with one attached hydrogen (secondary N) is 2. The van der Waals surface area contributed by atoms with E-state index in [2.05, 4.69) is 22.5 Å². The normalized spacial score (nSPS) is 10.5. The quantitative estimate of drug-likeness (QED) is 0.452. The van der Waals surface area contributed by atoms with Crippen LogP contribution < -0.4 is 10.6 Å². The maximum Gasteiger partial charge on any atom is 0.224 e. The van der Waals surface area contributed by atoms with Crippen LogP contribution in [0, 0.1) is 0 Å². The summed E-state index contributed by atoms with van der Waals surface area (Å²) in [6.45, 7) is 4.23. The highest BCUT2D eigenvalue weighted by molar-refractivity contribution is 5.95. The molecule has 2 aromatic carbocycles. The first-order chi connectivity index (χ1) is 14.6. The number of nitrogens with zero attached hydrogens (tertiary/aromatic N) is 1. The molecule has 0 fully saturated rings. The zero-order valence-corrected chi connectivity index (χ0v) is 17.4. The molecule has 1 aromatic heterocycles. The lowest BCUT2D eigenvalue weighted by Crippen LogP contribution is -2.13. The second-order valence-corrected chi connectivity index (χ2v) is 7.24. The van der Waals surface area contributed by atoms with E-state index in [-0.39, 0.29) is 11.7 Å². The Balaban J connectivity index is 1.65. The number of unbranched alkanes of at least 4 members (excludes halogenated alkanes) is 1. The molecule has 0 saturated heterocycles. The molecule has 1 heterocycles. The summed E-state index contributed by atoms with van der Waals surface area (Å²) in [5, 5.41) is 6.24. The van der Waals surface area contributed by atoms with Gasteiger partial charge in [-0.1, -0.05) is 55.8 Å². The van der Waals surface area contributed by atoms with Crippen LogP contribution in [0.5, 0.6) is 0 Å². The third-order valence-electron chi connectivity index (χ3n) is 4.86. The van der Waals surface area contributed by atoms with Gasteiger partial charge in [-0.3, -0.25) is 9.59 Å². The Bertz CT molecular complexity index is 1010. The van der Waals surface area contributed by atoms with Crippen LogP contribution in [0.4, 0.5) is 11.5 Å². The minimum absolute atomic E-state index is 0.00467. The molecule has 3 rings (SSSR count). The molecule has 3 aromatic rings. The molecular formula is C25H27N3O2. The lowest BCUT2D eigenvalue weighted by molar-refractivity contribution is -0.116. The number of Topliss-reactive ketones (excluding diaryl/α,β-unsaturated/α-hetero) is 1. The Morgan fingerprint density at radius 2 is 1.77 bits per heavy atom. The molecule has 0 bridgehead atoms. The summed E-state index contributed by atoms with van der Waals surface area (Å²) >= 11 is 0. The van der Waals surface area contributed by atoms with E-state index in [4.69, 9.17) is 0 Å². The molecule has 0 spiro atoms. The molecule has 0 aliphatic heterocycles.